The molecule has 0 atom stereocenters. The number of aryl methyl sites for hydroxylation is 2. The molecule has 0 aliphatic carbocycles. The number of hydrogen-bond donors (Lipinski definition) is 1. The van der Waals surface area contributed by atoms with Crippen LogP contribution in [0, 0.1) is 19.7 Å². The molecule has 5 nitrogen and oxygen atoms in total. The first-order valence-electron chi connectivity index (χ1n) is 9.88. The number of morpholine rings is 1. The predicted molar refractivity (Wildman–Crippen MR) is 114 cm³/mol. The topological polar surface area (TPSA) is 46.9 Å². The lowest BCUT2D eigenvalue weighted by molar-refractivity contribution is -0.906. The lowest BCUT2D eigenvalue weighted by Gasteiger charge is -2.27. The van der Waals surface area contributed by atoms with E-state index >= 15 is 0 Å². The van der Waals surface area contributed by atoms with E-state index in [1.54, 1.807) is 4.90 Å². The number of carbonyl (C=O) groups excluding carboxylic acids is 1. The number of halogens is 1. The van der Waals surface area contributed by atoms with Crippen LogP contribution in [0.4, 0.5) is 9.52 Å². The van der Waals surface area contributed by atoms with E-state index in [1.165, 1.54) is 40.5 Å². The third-order valence-electron chi connectivity index (χ3n) is 5.26. The monoisotopic (exact) mass is 414 g/mol. The molecule has 3 aromatic rings. The summed E-state index contributed by atoms with van der Waals surface area (Å²) in [5, 5.41) is 0.690. The van der Waals surface area contributed by atoms with Crippen molar-refractivity contribution in [2.45, 2.75) is 13.8 Å². The highest BCUT2D eigenvalue weighted by Crippen LogP contribution is 2.32. The third-order valence-corrected chi connectivity index (χ3v) is 6.49. The number of amides is 1. The Kier molecular flexibility index (Phi) is 5.89. The molecular weight excluding hydrogens is 389 g/mol. The Morgan fingerprint density at radius 3 is 2.66 bits per heavy atom. The highest BCUT2D eigenvalue weighted by molar-refractivity contribution is 7.22. The van der Waals surface area contributed by atoms with Gasteiger partial charge in [-0.2, -0.15) is 0 Å². The Labute approximate surface area is 173 Å². The summed E-state index contributed by atoms with van der Waals surface area (Å²) in [6.45, 7) is 8.89. The van der Waals surface area contributed by atoms with E-state index in [0.717, 1.165) is 54.2 Å². The molecule has 1 fully saturated rings. The summed E-state index contributed by atoms with van der Waals surface area (Å²) in [5.41, 5.74) is 3.70. The van der Waals surface area contributed by atoms with Crippen molar-refractivity contribution in [3.05, 3.63) is 58.9 Å². The second kappa shape index (κ2) is 8.57. The van der Waals surface area contributed by atoms with Gasteiger partial charge in [0.05, 0.1) is 36.5 Å². The van der Waals surface area contributed by atoms with Crippen molar-refractivity contribution in [2.75, 3.05) is 44.3 Å². The highest BCUT2D eigenvalue weighted by atomic mass is 32.1. The standard InChI is InChI=1S/C22H24FN3O2S/c1-15-13-16(2)20-19(14-15)24-22(29-20)26(8-7-25-9-11-28-12-10-25)21(27)17-3-5-18(23)6-4-17/h3-6,13-14H,7-12H2,1-2H3/p+1. The molecule has 0 bridgehead atoms. The number of fused-ring (bicyclic) bond motifs is 1. The molecule has 1 aromatic heterocycles. The molecule has 0 saturated carbocycles. The van der Waals surface area contributed by atoms with Gasteiger partial charge in [0.2, 0.25) is 0 Å². The molecule has 7 heteroatoms. The molecule has 1 aliphatic heterocycles. The number of hydrogen-bond acceptors (Lipinski definition) is 4. The van der Waals surface area contributed by atoms with E-state index in [-0.39, 0.29) is 11.7 Å². The van der Waals surface area contributed by atoms with Crippen molar-refractivity contribution in [3.63, 3.8) is 0 Å². The van der Waals surface area contributed by atoms with E-state index in [0.29, 0.717) is 17.2 Å². The van der Waals surface area contributed by atoms with Gasteiger partial charge in [-0.05, 0) is 55.3 Å². The zero-order valence-corrected chi connectivity index (χ0v) is 17.5. The van der Waals surface area contributed by atoms with Gasteiger partial charge in [0, 0.05) is 5.56 Å². The van der Waals surface area contributed by atoms with Crippen molar-refractivity contribution in [1.29, 1.82) is 0 Å². The maximum atomic E-state index is 13.3. The van der Waals surface area contributed by atoms with Crippen molar-refractivity contribution in [3.8, 4) is 0 Å². The summed E-state index contributed by atoms with van der Waals surface area (Å²) in [4.78, 5) is 21.2. The fourth-order valence-electron chi connectivity index (χ4n) is 3.69. The number of rotatable bonds is 5. The van der Waals surface area contributed by atoms with Gasteiger partial charge in [-0.3, -0.25) is 9.69 Å². The molecule has 0 radical (unpaired) electrons. The molecule has 29 heavy (non-hydrogen) atoms. The van der Waals surface area contributed by atoms with Crippen LogP contribution in [0.3, 0.4) is 0 Å². The summed E-state index contributed by atoms with van der Waals surface area (Å²) in [5.74, 6) is -0.497. The fraction of sp³-hybridized carbons (Fsp3) is 0.364. The predicted octanol–water partition coefficient (Wildman–Crippen LogP) is 2.61. The number of nitrogens with zero attached hydrogens (tertiary/aromatic N) is 2. The van der Waals surface area contributed by atoms with Crippen LogP contribution in [0.25, 0.3) is 10.2 Å². The summed E-state index contributed by atoms with van der Waals surface area (Å²) in [7, 11) is 0. The van der Waals surface area contributed by atoms with Crippen molar-refractivity contribution in [2.24, 2.45) is 0 Å². The molecule has 2 heterocycles. The summed E-state index contributed by atoms with van der Waals surface area (Å²) in [6, 6.07) is 9.91. The number of anilines is 1. The summed E-state index contributed by atoms with van der Waals surface area (Å²) in [6.07, 6.45) is 0. The lowest BCUT2D eigenvalue weighted by Crippen LogP contribution is -3.14. The minimum absolute atomic E-state index is 0.147. The number of thiazole rings is 1. The zero-order chi connectivity index (χ0) is 20.4. The molecular formula is C22H25FN3O2S+. The first-order valence-corrected chi connectivity index (χ1v) is 10.7. The maximum Gasteiger partial charge on any atom is 0.260 e. The van der Waals surface area contributed by atoms with Crippen LogP contribution in [-0.2, 0) is 4.74 Å². The average Bonchev–Trinajstić information content (AvgIpc) is 3.13. The molecule has 0 unspecified atom stereocenters. The van der Waals surface area contributed by atoms with Gasteiger partial charge in [0.1, 0.15) is 18.9 Å². The van der Waals surface area contributed by atoms with E-state index in [4.69, 9.17) is 9.72 Å². The van der Waals surface area contributed by atoms with E-state index < -0.39 is 0 Å². The first kappa shape index (κ1) is 19.9. The summed E-state index contributed by atoms with van der Waals surface area (Å²) >= 11 is 1.54. The Morgan fingerprint density at radius 2 is 1.93 bits per heavy atom. The maximum absolute atomic E-state index is 13.3. The zero-order valence-electron chi connectivity index (χ0n) is 16.7. The minimum atomic E-state index is -0.350. The molecule has 1 aliphatic rings. The van der Waals surface area contributed by atoms with Gasteiger partial charge in [-0.15, -0.1) is 0 Å². The van der Waals surface area contributed by atoms with E-state index in [2.05, 4.69) is 26.0 Å². The molecule has 1 amide bonds. The molecule has 152 valence electrons. The minimum Gasteiger partial charge on any atom is -0.370 e. The SMILES string of the molecule is Cc1cc(C)c2sc(N(CC[NH+]3CCOCC3)C(=O)c3ccc(F)cc3)nc2c1. The molecule has 2 aromatic carbocycles. The number of quaternary nitrogens is 1. The van der Waals surface area contributed by atoms with E-state index in [1.807, 2.05) is 0 Å². The summed E-state index contributed by atoms with van der Waals surface area (Å²) < 4.78 is 19.9. The van der Waals surface area contributed by atoms with E-state index in [9.17, 15) is 9.18 Å². The molecule has 0 spiro atoms. The molecule has 4 rings (SSSR count). The Hall–Kier alpha value is -2.35. The highest BCUT2D eigenvalue weighted by Gasteiger charge is 2.24. The molecule has 1 saturated heterocycles. The van der Waals surface area contributed by atoms with Crippen LogP contribution in [-0.4, -0.2) is 50.3 Å². The van der Waals surface area contributed by atoms with Gasteiger partial charge < -0.3 is 9.64 Å². The second-order valence-electron chi connectivity index (χ2n) is 7.50. The number of nitrogens with one attached hydrogen (secondary N) is 1. The Balaban J connectivity index is 1.66. The van der Waals surface area contributed by atoms with Crippen LogP contribution < -0.4 is 9.80 Å². The van der Waals surface area contributed by atoms with Crippen molar-refractivity contribution >= 4 is 32.6 Å². The van der Waals surface area contributed by atoms with Crippen LogP contribution in [0.1, 0.15) is 21.5 Å². The Bertz CT molecular complexity index is 1010. The Morgan fingerprint density at radius 1 is 1.21 bits per heavy atom. The average molecular weight is 415 g/mol. The van der Waals surface area contributed by atoms with Gasteiger partial charge in [0.25, 0.3) is 5.91 Å². The van der Waals surface area contributed by atoms with Gasteiger partial charge in [0.15, 0.2) is 5.13 Å². The van der Waals surface area contributed by atoms with Crippen molar-refractivity contribution in [1.82, 2.24) is 4.98 Å². The second-order valence-corrected chi connectivity index (χ2v) is 8.48. The van der Waals surface area contributed by atoms with Gasteiger partial charge >= 0.3 is 0 Å². The number of benzene rings is 2. The van der Waals surface area contributed by atoms with Crippen molar-refractivity contribution < 1.29 is 18.8 Å². The quantitative estimate of drug-likeness (QED) is 0.698. The number of carbonyl (C=O) groups is 1. The van der Waals surface area contributed by atoms with Gasteiger partial charge in [-0.1, -0.05) is 17.4 Å². The van der Waals surface area contributed by atoms with Gasteiger partial charge in [-0.25, -0.2) is 9.37 Å². The fourth-order valence-corrected chi connectivity index (χ4v) is 4.73. The largest absolute Gasteiger partial charge is 0.370 e. The normalized spacial score (nSPS) is 15.0. The number of ether oxygens (including phenoxy) is 1. The van der Waals surface area contributed by atoms with Crippen LogP contribution in [0.5, 0.6) is 0 Å². The third kappa shape index (κ3) is 4.47. The van der Waals surface area contributed by atoms with Crippen LogP contribution in [0.2, 0.25) is 0 Å². The molecule has 1 N–H and O–H groups in total. The van der Waals surface area contributed by atoms with Crippen LogP contribution in [0.15, 0.2) is 36.4 Å². The smallest absolute Gasteiger partial charge is 0.260 e. The lowest BCUT2D eigenvalue weighted by atomic mass is 10.1. The number of aromatic nitrogens is 1. The first-order chi connectivity index (χ1) is 14.0. The van der Waals surface area contributed by atoms with Crippen LogP contribution >= 0.6 is 11.3 Å².